The van der Waals surface area contributed by atoms with Crippen LogP contribution in [-0.2, 0) is 38.7 Å². The first kappa shape index (κ1) is 43.1. The Morgan fingerprint density at radius 1 is 1.09 bits per heavy atom. The number of hydrogen-bond acceptors (Lipinski definition) is 9. The standard InChI is InChI=1S/C37H50F4N4O10S/c1-21-10-6-7-11-23-18-35(23,31(50)44-56(52,53)34(20-38)14-15-34)43-28(46)26-17-24(36(54-5)13-9-8-12-25(36)30(48)49)19-45(26)29(47)27(22(2)16-21)42-32(51)55-33(3,4)37(39,40)41/h7-9,11-13,21-27H,6,10,14-20H2,1-5H3,(H,42,51)(H,43,46)(H,44,50)(H,48,49)/b11-7-/t21-,22+,23+,24+,25?,26-,27-,35+,36?/m0/s1. The van der Waals surface area contributed by atoms with Crippen molar-refractivity contribution in [2.75, 3.05) is 20.3 Å². The van der Waals surface area contributed by atoms with Gasteiger partial charge in [0.25, 0.3) is 5.91 Å². The molecule has 9 atom stereocenters. The molecule has 4 amide bonds. The molecule has 0 aromatic heterocycles. The van der Waals surface area contributed by atoms with Gasteiger partial charge < -0.3 is 30.1 Å². The van der Waals surface area contributed by atoms with Crippen molar-refractivity contribution in [3.05, 3.63) is 36.5 Å². The fraction of sp³-hybridized carbons (Fsp3) is 0.703. The van der Waals surface area contributed by atoms with Crippen molar-refractivity contribution in [3.63, 3.8) is 0 Å². The van der Waals surface area contributed by atoms with Gasteiger partial charge >= 0.3 is 18.2 Å². The van der Waals surface area contributed by atoms with Gasteiger partial charge in [0.1, 0.15) is 40.6 Å². The topological polar surface area (TPSA) is 198 Å². The Balaban J connectivity index is 1.55. The summed E-state index contributed by atoms with van der Waals surface area (Å²) in [6.07, 6.45) is 3.96. The Morgan fingerprint density at radius 3 is 2.36 bits per heavy atom. The third-order valence-electron chi connectivity index (χ3n) is 12.1. The molecule has 14 nitrogen and oxygen atoms in total. The maximum absolute atomic E-state index is 14.8. The van der Waals surface area contributed by atoms with Crippen molar-refractivity contribution in [1.82, 2.24) is 20.3 Å². The van der Waals surface area contributed by atoms with E-state index in [4.69, 9.17) is 9.47 Å². The Morgan fingerprint density at radius 2 is 1.77 bits per heavy atom. The number of nitrogens with zero attached hydrogens (tertiary/aromatic N) is 1. The fourth-order valence-corrected chi connectivity index (χ4v) is 9.56. The van der Waals surface area contributed by atoms with Gasteiger partial charge in [-0.2, -0.15) is 13.2 Å². The van der Waals surface area contributed by atoms with Crippen molar-refractivity contribution in [3.8, 4) is 0 Å². The van der Waals surface area contributed by atoms with Gasteiger partial charge in [0, 0.05) is 25.5 Å². The summed E-state index contributed by atoms with van der Waals surface area (Å²) in [7, 11) is -3.22. The first-order chi connectivity index (χ1) is 26.0. The molecule has 0 aromatic rings. The minimum absolute atomic E-state index is 0.00458. The number of sulfonamides is 1. The molecule has 0 radical (unpaired) electrons. The Labute approximate surface area is 322 Å². The normalized spacial score (nSPS) is 35.2. The number of carbonyl (C=O) groups is 5. The number of amides is 4. The maximum Gasteiger partial charge on any atom is 0.427 e. The number of ether oxygens (including phenoxy) is 2. The zero-order valence-electron chi connectivity index (χ0n) is 31.9. The average molecular weight is 819 g/mol. The van der Waals surface area contributed by atoms with Crippen LogP contribution in [0.4, 0.5) is 22.4 Å². The van der Waals surface area contributed by atoms with E-state index in [-0.39, 0.29) is 38.1 Å². The quantitative estimate of drug-likeness (QED) is 0.197. The molecule has 312 valence electrons. The van der Waals surface area contributed by atoms with Gasteiger partial charge in [-0.15, -0.1) is 0 Å². The Bertz CT molecular complexity index is 1800. The number of fused-ring (bicyclic) bond motifs is 2. The second kappa shape index (κ2) is 15.4. The maximum atomic E-state index is 14.8. The van der Waals surface area contributed by atoms with E-state index >= 15 is 0 Å². The molecular formula is C37H50F4N4O10S. The van der Waals surface area contributed by atoms with E-state index in [1.54, 1.807) is 25.2 Å². The molecule has 2 saturated carbocycles. The molecule has 0 bridgehead atoms. The molecule has 56 heavy (non-hydrogen) atoms. The zero-order valence-corrected chi connectivity index (χ0v) is 32.7. The zero-order chi connectivity index (χ0) is 41.6. The van der Waals surface area contributed by atoms with Crippen LogP contribution in [0.3, 0.4) is 0 Å². The van der Waals surface area contributed by atoms with Crippen LogP contribution in [0, 0.1) is 29.6 Å². The highest BCUT2D eigenvalue weighted by atomic mass is 32.2. The fourth-order valence-electron chi connectivity index (χ4n) is 8.14. The highest BCUT2D eigenvalue weighted by Crippen LogP contribution is 2.49. The molecular weight excluding hydrogens is 768 g/mol. The van der Waals surface area contributed by atoms with Crippen molar-refractivity contribution in [1.29, 1.82) is 0 Å². The summed E-state index contributed by atoms with van der Waals surface area (Å²) >= 11 is 0. The predicted molar refractivity (Wildman–Crippen MR) is 192 cm³/mol. The van der Waals surface area contributed by atoms with E-state index in [2.05, 4.69) is 10.6 Å². The van der Waals surface area contributed by atoms with Crippen LogP contribution in [0.5, 0.6) is 0 Å². The number of alkyl halides is 4. The summed E-state index contributed by atoms with van der Waals surface area (Å²) in [4.78, 5) is 69.9. The lowest BCUT2D eigenvalue weighted by molar-refractivity contribution is -0.244. The minimum Gasteiger partial charge on any atom is -0.481 e. The molecule has 19 heteroatoms. The van der Waals surface area contributed by atoms with E-state index in [1.165, 1.54) is 25.3 Å². The van der Waals surface area contributed by atoms with Gasteiger partial charge in [-0.25, -0.2) is 17.6 Å². The molecule has 5 rings (SSSR count). The number of allylic oxidation sites excluding steroid dienone is 3. The van der Waals surface area contributed by atoms with E-state index in [0.29, 0.717) is 33.1 Å². The number of halogens is 4. The lowest BCUT2D eigenvalue weighted by Gasteiger charge is -2.40. The molecule has 3 aliphatic carbocycles. The first-order valence-electron chi connectivity index (χ1n) is 18.6. The monoisotopic (exact) mass is 818 g/mol. The van der Waals surface area contributed by atoms with E-state index in [0.717, 1.165) is 4.90 Å². The van der Waals surface area contributed by atoms with Crippen LogP contribution in [0.1, 0.15) is 72.6 Å². The van der Waals surface area contributed by atoms with Crippen LogP contribution in [0.2, 0.25) is 0 Å². The third kappa shape index (κ3) is 8.07. The molecule has 4 N–H and O–H groups in total. The number of carboxylic acids is 1. The molecule has 2 aliphatic heterocycles. The number of hydrogen-bond donors (Lipinski definition) is 4. The molecule has 2 unspecified atom stereocenters. The second-order valence-corrected chi connectivity index (χ2v) is 18.5. The average Bonchev–Trinajstić information content (AvgIpc) is 4.01. The van der Waals surface area contributed by atoms with Crippen LogP contribution in [0.15, 0.2) is 36.5 Å². The van der Waals surface area contributed by atoms with Gasteiger partial charge in [-0.1, -0.05) is 50.3 Å². The highest BCUT2D eigenvalue weighted by molar-refractivity contribution is 7.91. The first-order valence-corrected chi connectivity index (χ1v) is 20.1. The Hall–Kier alpha value is -4.00. The van der Waals surface area contributed by atoms with Crippen molar-refractivity contribution in [2.24, 2.45) is 29.6 Å². The molecule has 3 fully saturated rings. The molecule has 0 aromatic carbocycles. The molecule has 1 saturated heterocycles. The van der Waals surface area contributed by atoms with E-state index in [9.17, 15) is 55.1 Å². The summed E-state index contributed by atoms with van der Waals surface area (Å²) in [5.74, 6) is -7.86. The van der Waals surface area contributed by atoms with Crippen LogP contribution < -0.4 is 15.4 Å². The molecule has 2 heterocycles. The van der Waals surface area contributed by atoms with Crippen LogP contribution in [0.25, 0.3) is 0 Å². The number of methoxy groups -OCH3 is 1. The van der Waals surface area contributed by atoms with Gasteiger partial charge in [0.2, 0.25) is 27.4 Å². The third-order valence-corrected chi connectivity index (χ3v) is 14.2. The van der Waals surface area contributed by atoms with Crippen molar-refractivity contribution >= 4 is 39.8 Å². The minimum atomic E-state index is -4.96. The number of alkyl carbamates (subject to hydrolysis) is 1. The Kier molecular flexibility index (Phi) is 11.9. The SMILES string of the molecule is COC1([C@@H]2C[C@H]3C(=O)N[C@]4(C(=O)NS(=O)(=O)C5(CF)CC5)C[C@H]4/C=C\CC[C@H](C)C[C@@H](C)[C@H](NC(=O)OC(C)(C)C(F)(F)F)C(=O)N3C2)C=CC=CC1C(=O)O. The lowest BCUT2D eigenvalue weighted by atomic mass is 9.73. The summed E-state index contributed by atoms with van der Waals surface area (Å²) in [6.45, 7) is 3.25. The highest BCUT2D eigenvalue weighted by Gasteiger charge is 2.64. The van der Waals surface area contributed by atoms with Crippen molar-refractivity contribution < 1.29 is 64.5 Å². The number of rotatable bonds is 9. The van der Waals surface area contributed by atoms with Gasteiger partial charge in [-0.3, -0.25) is 23.9 Å². The summed E-state index contributed by atoms with van der Waals surface area (Å²) in [5, 5.41) is 15.2. The smallest absolute Gasteiger partial charge is 0.427 e. The van der Waals surface area contributed by atoms with Gasteiger partial charge in [0.05, 0.1) is 0 Å². The molecule has 5 aliphatic rings. The van der Waals surface area contributed by atoms with E-state index in [1.807, 2.05) is 11.6 Å². The number of aliphatic carboxylic acids is 1. The van der Waals surface area contributed by atoms with Crippen molar-refractivity contribution in [2.45, 2.75) is 112 Å². The number of carbonyl (C=O) groups excluding carboxylic acids is 4. The lowest BCUT2D eigenvalue weighted by Crippen LogP contribution is -2.60. The molecule has 0 spiro atoms. The summed E-state index contributed by atoms with van der Waals surface area (Å²) in [6, 6.07) is -3.01. The van der Waals surface area contributed by atoms with Crippen LogP contribution >= 0.6 is 0 Å². The number of nitrogens with one attached hydrogen (secondary N) is 3. The van der Waals surface area contributed by atoms with Gasteiger partial charge in [0.15, 0.2) is 0 Å². The largest absolute Gasteiger partial charge is 0.481 e. The summed E-state index contributed by atoms with van der Waals surface area (Å²) in [5.41, 5.74) is -6.36. The van der Waals surface area contributed by atoms with E-state index < -0.39 is 110 Å². The number of carboxylic acid groups (broad SMARTS) is 1. The van der Waals surface area contributed by atoms with Gasteiger partial charge in [-0.05, 0) is 70.6 Å². The second-order valence-electron chi connectivity index (χ2n) is 16.4. The van der Waals surface area contributed by atoms with Crippen LogP contribution in [-0.4, -0.2) is 108 Å². The predicted octanol–water partition coefficient (Wildman–Crippen LogP) is 3.69. The summed E-state index contributed by atoms with van der Waals surface area (Å²) < 4.78 is 92.0.